The van der Waals surface area contributed by atoms with Crippen molar-refractivity contribution in [3.05, 3.63) is 59.7 Å². The van der Waals surface area contributed by atoms with E-state index in [1.165, 1.54) is 6.42 Å². The average Bonchev–Trinajstić information content (AvgIpc) is 2.81. The Morgan fingerprint density at radius 2 is 1.80 bits per heavy atom. The molecule has 5 nitrogen and oxygen atoms in total. The van der Waals surface area contributed by atoms with Gasteiger partial charge in [-0.15, -0.1) is 11.6 Å². The highest BCUT2D eigenvalue weighted by Crippen LogP contribution is 2.24. The minimum atomic E-state index is -0.235. The fraction of sp³-hybridized carbons (Fsp3) is 0.458. The topological polar surface area (TPSA) is 64.8 Å². The van der Waals surface area contributed by atoms with Crippen LogP contribution in [0.2, 0.25) is 0 Å². The molecule has 162 valence electrons. The van der Waals surface area contributed by atoms with Crippen LogP contribution in [0, 0.1) is 0 Å². The van der Waals surface area contributed by atoms with Gasteiger partial charge in [-0.05, 0) is 62.2 Å². The molecule has 2 atom stereocenters. The SMILES string of the molecule is COc1ccc(COc2ccccc2C(=O)CCC(N)C(Cl)N2CCCCC2)cc1. The molecule has 0 bridgehead atoms. The van der Waals surface area contributed by atoms with Crippen molar-refractivity contribution < 1.29 is 14.3 Å². The zero-order valence-electron chi connectivity index (χ0n) is 17.6. The number of alkyl halides is 1. The lowest BCUT2D eigenvalue weighted by Crippen LogP contribution is -2.46. The van der Waals surface area contributed by atoms with Crippen molar-refractivity contribution in [1.29, 1.82) is 0 Å². The summed E-state index contributed by atoms with van der Waals surface area (Å²) in [4.78, 5) is 15.1. The number of rotatable bonds is 10. The van der Waals surface area contributed by atoms with Crippen molar-refractivity contribution in [3.8, 4) is 11.5 Å². The lowest BCUT2D eigenvalue weighted by Gasteiger charge is -2.33. The fourth-order valence-electron chi connectivity index (χ4n) is 3.71. The van der Waals surface area contributed by atoms with E-state index >= 15 is 0 Å². The Morgan fingerprint density at radius 3 is 2.50 bits per heavy atom. The third-order valence-corrected chi connectivity index (χ3v) is 6.14. The largest absolute Gasteiger partial charge is 0.497 e. The second kappa shape index (κ2) is 11.3. The van der Waals surface area contributed by atoms with Gasteiger partial charge in [-0.2, -0.15) is 0 Å². The summed E-state index contributed by atoms with van der Waals surface area (Å²) in [7, 11) is 1.64. The van der Waals surface area contributed by atoms with Crippen molar-refractivity contribution in [2.45, 2.75) is 50.3 Å². The number of carbonyl (C=O) groups is 1. The normalized spacial score (nSPS) is 16.6. The van der Waals surface area contributed by atoms with Crippen LogP contribution >= 0.6 is 11.6 Å². The molecule has 1 aliphatic rings. The molecule has 6 heteroatoms. The van der Waals surface area contributed by atoms with Crippen LogP contribution in [-0.4, -0.2) is 42.4 Å². The molecule has 1 saturated heterocycles. The van der Waals surface area contributed by atoms with E-state index in [0.717, 1.165) is 37.2 Å². The molecule has 0 spiro atoms. The van der Waals surface area contributed by atoms with Crippen LogP contribution in [0.15, 0.2) is 48.5 Å². The van der Waals surface area contributed by atoms with Gasteiger partial charge in [-0.1, -0.05) is 30.7 Å². The van der Waals surface area contributed by atoms with Gasteiger partial charge in [0.15, 0.2) is 5.78 Å². The predicted octanol–water partition coefficient (Wildman–Crippen LogP) is 4.62. The van der Waals surface area contributed by atoms with Gasteiger partial charge in [0.05, 0.1) is 12.7 Å². The van der Waals surface area contributed by atoms with Gasteiger partial charge in [0.25, 0.3) is 0 Å². The molecule has 0 saturated carbocycles. The summed E-state index contributed by atoms with van der Waals surface area (Å²) in [5.74, 6) is 1.41. The highest BCUT2D eigenvalue weighted by atomic mass is 35.5. The maximum atomic E-state index is 12.9. The molecule has 1 heterocycles. The highest BCUT2D eigenvalue weighted by molar-refractivity contribution is 6.20. The molecule has 0 radical (unpaired) electrons. The monoisotopic (exact) mass is 430 g/mol. The molecular weight excluding hydrogens is 400 g/mol. The molecule has 30 heavy (non-hydrogen) atoms. The van der Waals surface area contributed by atoms with Gasteiger partial charge < -0.3 is 15.2 Å². The maximum absolute atomic E-state index is 12.9. The second-order valence-corrected chi connectivity index (χ2v) is 8.18. The lowest BCUT2D eigenvalue weighted by atomic mass is 10.0. The number of halogens is 1. The smallest absolute Gasteiger partial charge is 0.166 e. The first kappa shape index (κ1) is 22.6. The van der Waals surface area contributed by atoms with Gasteiger partial charge in [0.2, 0.25) is 0 Å². The minimum Gasteiger partial charge on any atom is -0.497 e. The number of nitrogens with two attached hydrogens (primary N) is 1. The highest BCUT2D eigenvalue weighted by Gasteiger charge is 2.25. The minimum absolute atomic E-state index is 0.0262. The summed E-state index contributed by atoms with van der Waals surface area (Å²) in [6.45, 7) is 2.35. The molecule has 1 fully saturated rings. The number of ether oxygens (including phenoxy) is 2. The maximum Gasteiger partial charge on any atom is 0.166 e. The van der Waals surface area contributed by atoms with Gasteiger partial charge in [0.1, 0.15) is 23.6 Å². The van der Waals surface area contributed by atoms with Crippen LogP contribution in [0.5, 0.6) is 11.5 Å². The van der Waals surface area contributed by atoms with Crippen LogP contribution in [0.1, 0.15) is 48.0 Å². The molecule has 1 aliphatic heterocycles. The van der Waals surface area contributed by atoms with Crippen LogP contribution in [0.25, 0.3) is 0 Å². The Morgan fingerprint density at radius 1 is 1.10 bits per heavy atom. The predicted molar refractivity (Wildman–Crippen MR) is 120 cm³/mol. The van der Waals surface area contributed by atoms with E-state index in [1.54, 1.807) is 13.2 Å². The van der Waals surface area contributed by atoms with Gasteiger partial charge in [0, 0.05) is 12.5 Å². The van der Waals surface area contributed by atoms with E-state index in [-0.39, 0.29) is 17.3 Å². The third kappa shape index (κ3) is 6.21. The molecule has 2 N–H and O–H groups in total. The number of ketones is 1. The summed E-state index contributed by atoms with van der Waals surface area (Å²) in [5.41, 5.74) is 7.67. The molecule has 0 aliphatic carbocycles. The summed E-state index contributed by atoms with van der Waals surface area (Å²) >= 11 is 6.57. The molecule has 3 rings (SSSR count). The van der Waals surface area contributed by atoms with E-state index < -0.39 is 0 Å². The summed E-state index contributed by atoms with van der Waals surface area (Å²) in [5, 5.41) is 0. The Bertz CT molecular complexity index is 806. The number of carbonyl (C=O) groups excluding carboxylic acids is 1. The first-order valence-electron chi connectivity index (χ1n) is 10.6. The standard InChI is InChI=1S/C24H31ClN2O3/c1-29-19-11-9-18(10-12-19)17-30-23-8-4-3-7-20(23)22(28)14-13-21(26)24(25)27-15-5-2-6-16-27/h3-4,7-12,21,24H,2,5-6,13-17,26H2,1H3. The first-order chi connectivity index (χ1) is 14.6. The summed E-state index contributed by atoms with van der Waals surface area (Å²) < 4.78 is 11.1. The second-order valence-electron chi connectivity index (χ2n) is 7.73. The van der Waals surface area contributed by atoms with Crippen molar-refractivity contribution in [1.82, 2.24) is 4.90 Å². The molecule has 0 aromatic heterocycles. The molecule has 2 aromatic rings. The Hall–Kier alpha value is -2.08. The van der Waals surface area contributed by atoms with Crippen molar-refractivity contribution in [3.63, 3.8) is 0 Å². The summed E-state index contributed by atoms with van der Waals surface area (Å²) in [6, 6.07) is 14.8. The van der Waals surface area contributed by atoms with Crippen LogP contribution < -0.4 is 15.2 Å². The molecular formula is C24H31ClN2O3. The molecule has 2 aromatic carbocycles. The van der Waals surface area contributed by atoms with Gasteiger partial charge in [-0.3, -0.25) is 9.69 Å². The van der Waals surface area contributed by atoms with Crippen LogP contribution in [0.4, 0.5) is 0 Å². The van der Waals surface area contributed by atoms with Gasteiger partial charge >= 0.3 is 0 Å². The quantitative estimate of drug-likeness (QED) is 0.338. The van der Waals surface area contributed by atoms with Crippen molar-refractivity contribution in [2.24, 2.45) is 5.73 Å². The van der Waals surface area contributed by atoms with E-state index in [4.69, 9.17) is 26.8 Å². The number of likely N-dealkylation sites (tertiary alicyclic amines) is 1. The molecule has 0 amide bonds. The number of methoxy groups -OCH3 is 1. The van der Waals surface area contributed by atoms with E-state index in [2.05, 4.69) is 4.90 Å². The number of Topliss-reactive ketones (excluding diaryl/α,β-unsaturated/α-hetero) is 1. The Balaban J connectivity index is 1.55. The van der Waals surface area contributed by atoms with Gasteiger partial charge in [-0.25, -0.2) is 0 Å². The van der Waals surface area contributed by atoms with Crippen LogP contribution in [0.3, 0.4) is 0 Å². The van der Waals surface area contributed by atoms with E-state index in [0.29, 0.717) is 30.8 Å². The number of benzene rings is 2. The Labute approximate surface area is 184 Å². The number of hydrogen-bond acceptors (Lipinski definition) is 5. The number of nitrogens with zero attached hydrogens (tertiary/aromatic N) is 1. The number of para-hydroxylation sites is 1. The van der Waals surface area contributed by atoms with E-state index in [9.17, 15) is 4.79 Å². The number of hydrogen-bond donors (Lipinski definition) is 1. The molecule has 2 unspecified atom stereocenters. The van der Waals surface area contributed by atoms with Crippen molar-refractivity contribution in [2.75, 3.05) is 20.2 Å². The zero-order chi connectivity index (χ0) is 21.3. The lowest BCUT2D eigenvalue weighted by molar-refractivity contribution is 0.0967. The Kier molecular flexibility index (Phi) is 8.55. The van der Waals surface area contributed by atoms with Crippen molar-refractivity contribution >= 4 is 17.4 Å². The zero-order valence-corrected chi connectivity index (χ0v) is 18.3. The van der Waals surface area contributed by atoms with Crippen LogP contribution in [-0.2, 0) is 6.61 Å². The number of piperidine rings is 1. The van der Waals surface area contributed by atoms with E-state index in [1.807, 2.05) is 42.5 Å². The first-order valence-corrected chi connectivity index (χ1v) is 11.0. The summed E-state index contributed by atoms with van der Waals surface area (Å²) in [6.07, 6.45) is 4.47. The average molecular weight is 431 g/mol. The fourth-order valence-corrected chi connectivity index (χ4v) is 4.03. The third-order valence-electron chi connectivity index (χ3n) is 5.54.